The number of carboxylic acids is 1. The molecule has 4 unspecified atom stereocenters. The molecular weight excluding hydrogens is 484 g/mol. The second-order valence-corrected chi connectivity index (χ2v) is 10.3. The number of amides is 1. The number of nitrogens with one attached hydrogen (secondary N) is 1. The van der Waals surface area contributed by atoms with Crippen LogP contribution in [0.5, 0.6) is 0 Å². The van der Waals surface area contributed by atoms with Crippen molar-refractivity contribution in [2.45, 2.75) is 62.1 Å². The van der Waals surface area contributed by atoms with Crippen molar-refractivity contribution in [3.63, 3.8) is 0 Å². The number of hydrogen-bond acceptors (Lipinski definition) is 4. The molecule has 33 heavy (non-hydrogen) atoms. The number of nitrogens with zero attached hydrogens (tertiary/aromatic N) is 1. The fourth-order valence-corrected chi connectivity index (χ4v) is 6.45. The number of halogens is 1. The van der Waals surface area contributed by atoms with Crippen molar-refractivity contribution in [3.05, 3.63) is 64.1 Å². The summed E-state index contributed by atoms with van der Waals surface area (Å²) in [5, 5.41) is 13.9. The Kier molecular flexibility index (Phi) is 5.87. The van der Waals surface area contributed by atoms with E-state index in [9.17, 15) is 19.5 Å². The SMILES string of the molecule is O=CCC(NC1CC1)(C(=O)O)C1c2ccccc2N(C(=O)c2ccccc2Br)C2CCCC21. The number of fused-ring (bicyclic) bond motifs is 2. The minimum absolute atomic E-state index is 0.0476. The normalized spacial score (nSPS) is 25.6. The lowest BCUT2D eigenvalue weighted by Crippen LogP contribution is -2.62. The zero-order chi connectivity index (χ0) is 23.2. The maximum absolute atomic E-state index is 13.8. The summed E-state index contributed by atoms with van der Waals surface area (Å²) < 4.78 is 0.736. The van der Waals surface area contributed by atoms with Crippen LogP contribution in [0, 0.1) is 5.92 Å². The molecule has 2 N–H and O–H groups in total. The van der Waals surface area contributed by atoms with Crippen LogP contribution in [0.25, 0.3) is 0 Å². The zero-order valence-electron chi connectivity index (χ0n) is 18.2. The number of anilines is 1. The third-order valence-corrected chi connectivity index (χ3v) is 8.19. The molecule has 2 aliphatic carbocycles. The molecule has 1 amide bonds. The standard InChI is InChI=1S/C26H27BrN2O4/c27-20-9-3-1-6-17(20)24(31)29-21-10-4-2-7-18(21)23(19-8-5-11-22(19)29)26(14-15-30,25(32)33)28-16-12-13-16/h1-4,6-7,9-10,15-16,19,22-23,28H,5,8,11-14H2,(H,32,33). The highest BCUT2D eigenvalue weighted by Crippen LogP contribution is 2.54. The van der Waals surface area contributed by atoms with Crippen LogP contribution >= 0.6 is 15.9 Å². The fourth-order valence-electron chi connectivity index (χ4n) is 5.99. The summed E-state index contributed by atoms with van der Waals surface area (Å²) in [7, 11) is 0. The van der Waals surface area contributed by atoms with Gasteiger partial charge in [-0.3, -0.25) is 14.9 Å². The van der Waals surface area contributed by atoms with Crippen molar-refractivity contribution < 1.29 is 19.5 Å². The summed E-state index contributed by atoms with van der Waals surface area (Å²) in [5.74, 6) is -1.52. The van der Waals surface area contributed by atoms with E-state index in [0.29, 0.717) is 5.56 Å². The van der Waals surface area contributed by atoms with Gasteiger partial charge in [-0.15, -0.1) is 0 Å². The monoisotopic (exact) mass is 510 g/mol. The van der Waals surface area contributed by atoms with Gasteiger partial charge in [0, 0.05) is 34.6 Å². The molecule has 1 heterocycles. The zero-order valence-corrected chi connectivity index (χ0v) is 19.8. The van der Waals surface area contributed by atoms with E-state index in [-0.39, 0.29) is 30.3 Å². The van der Waals surface area contributed by atoms with Crippen molar-refractivity contribution in [2.24, 2.45) is 5.92 Å². The minimum atomic E-state index is -1.38. The van der Waals surface area contributed by atoms with Crippen LogP contribution in [0.3, 0.4) is 0 Å². The molecule has 1 aliphatic heterocycles. The van der Waals surface area contributed by atoms with Gasteiger partial charge in [0.2, 0.25) is 0 Å². The lowest BCUT2D eigenvalue weighted by molar-refractivity contribution is -0.148. The van der Waals surface area contributed by atoms with Crippen LogP contribution in [-0.4, -0.2) is 40.9 Å². The second kappa shape index (κ2) is 8.69. The van der Waals surface area contributed by atoms with E-state index >= 15 is 0 Å². The van der Waals surface area contributed by atoms with Gasteiger partial charge in [0.25, 0.3) is 5.91 Å². The third-order valence-electron chi connectivity index (χ3n) is 7.50. The highest BCUT2D eigenvalue weighted by Gasteiger charge is 2.58. The maximum atomic E-state index is 13.8. The highest BCUT2D eigenvalue weighted by atomic mass is 79.9. The number of aliphatic carboxylic acids is 1. The van der Waals surface area contributed by atoms with Crippen molar-refractivity contribution in [3.8, 4) is 0 Å². The summed E-state index contributed by atoms with van der Waals surface area (Å²) >= 11 is 3.52. The predicted octanol–water partition coefficient (Wildman–Crippen LogP) is 4.53. The lowest BCUT2D eigenvalue weighted by atomic mass is 9.65. The first-order valence-corrected chi connectivity index (χ1v) is 12.4. The van der Waals surface area contributed by atoms with Crippen molar-refractivity contribution in [1.29, 1.82) is 0 Å². The number of benzene rings is 2. The number of hydrogen-bond donors (Lipinski definition) is 2. The summed E-state index contributed by atoms with van der Waals surface area (Å²) in [6, 6.07) is 15.0. The Morgan fingerprint density at radius 3 is 2.52 bits per heavy atom. The van der Waals surface area contributed by atoms with E-state index < -0.39 is 17.4 Å². The third kappa shape index (κ3) is 3.71. The first-order chi connectivity index (χ1) is 16.0. The van der Waals surface area contributed by atoms with Crippen LogP contribution < -0.4 is 10.2 Å². The van der Waals surface area contributed by atoms with Crippen molar-refractivity contribution in [2.75, 3.05) is 4.90 Å². The second-order valence-electron chi connectivity index (χ2n) is 9.42. The van der Waals surface area contributed by atoms with Gasteiger partial charge >= 0.3 is 5.97 Å². The van der Waals surface area contributed by atoms with Gasteiger partial charge in [0.1, 0.15) is 11.8 Å². The Labute approximate surface area is 201 Å². The first-order valence-electron chi connectivity index (χ1n) is 11.6. The molecule has 3 aliphatic rings. The van der Waals surface area contributed by atoms with Crippen LogP contribution in [0.2, 0.25) is 0 Å². The summed E-state index contributed by atoms with van der Waals surface area (Å²) in [6.07, 6.45) is 5.02. The smallest absolute Gasteiger partial charge is 0.325 e. The number of carbonyl (C=O) groups excluding carboxylic acids is 2. The quantitative estimate of drug-likeness (QED) is 0.534. The summed E-state index contributed by atoms with van der Waals surface area (Å²) in [6.45, 7) is 0. The predicted molar refractivity (Wildman–Crippen MR) is 128 cm³/mol. The average molecular weight is 511 g/mol. The number of carbonyl (C=O) groups is 3. The molecule has 2 saturated carbocycles. The number of carboxylic acid groups (broad SMARTS) is 1. The molecule has 172 valence electrons. The largest absolute Gasteiger partial charge is 0.480 e. The topological polar surface area (TPSA) is 86.7 Å². The molecule has 0 aromatic heterocycles. The van der Waals surface area contributed by atoms with Gasteiger partial charge in [0.05, 0.1) is 5.56 Å². The average Bonchev–Trinajstić information content (AvgIpc) is 3.49. The van der Waals surface area contributed by atoms with E-state index in [2.05, 4.69) is 21.2 Å². The van der Waals surface area contributed by atoms with Gasteiger partial charge in [-0.25, -0.2) is 0 Å². The molecule has 5 rings (SSSR count). The molecule has 2 aromatic carbocycles. The number of aldehydes is 1. The molecule has 7 heteroatoms. The molecule has 0 spiro atoms. The highest BCUT2D eigenvalue weighted by molar-refractivity contribution is 9.10. The summed E-state index contributed by atoms with van der Waals surface area (Å²) in [4.78, 5) is 40.4. The fraction of sp³-hybridized carbons (Fsp3) is 0.423. The Morgan fingerprint density at radius 1 is 1.09 bits per heavy atom. The van der Waals surface area contributed by atoms with E-state index in [0.717, 1.165) is 54.1 Å². The Morgan fingerprint density at radius 2 is 1.82 bits per heavy atom. The van der Waals surface area contributed by atoms with Crippen LogP contribution in [0.15, 0.2) is 53.0 Å². The van der Waals surface area contributed by atoms with E-state index in [4.69, 9.17) is 0 Å². The Bertz CT molecular complexity index is 1100. The summed E-state index contributed by atoms with van der Waals surface area (Å²) in [5.41, 5.74) is 0.790. The van der Waals surface area contributed by atoms with Gasteiger partial charge in [0.15, 0.2) is 0 Å². The number of rotatable bonds is 7. The molecule has 0 radical (unpaired) electrons. The van der Waals surface area contributed by atoms with Crippen molar-refractivity contribution >= 4 is 39.8 Å². The molecule has 0 bridgehead atoms. The van der Waals surface area contributed by atoms with Gasteiger partial charge in [-0.1, -0.05) is 36.8 Å². The van der Waals surface area contributed by atoms with Gasteiger partial charge in [-0.2, -0.15) is 0 Å². The minimum Gasteiger partial charge on any atom is -0.480 e. The number of para-hydroxylation sites is 1. The van der Waals surface area contributed by atoms with E-state index in [1.807, 2.05) is 53.4 Å². The molecule has 4 atom stereocenters. The van der Waals surface area contributed by atoms with Gasteiger partial charge in [-0.05, 0) is 71.3 Å². The van der Waals surface area contributed by atoms with Gasteiger partial charge < -0.3 is 14.8 Å². The molecule has 0 saturated heterocycles. The molecule has 2 aromatic rings. The van der Waals surface area contributed by atoms with E-state index in [1.54, 1.807) is 0 Å². The lowest BCUT2D eigenvalue weighted by Gasteiger charge is -2.49. The molecule has 2 fully saturated rings. The maximum Gasteiger partial charge on any atom is 0.325 e. The molecule has 6 nitrogen and oxygen atoms in total. The Balaban J connectivity index is 1.67. The Hall–Kier alpha value is -2.51. The van der Waals surface area contributed by atoms with Crippen LogP contribution in [0.1, 0.15) is 60.4 Å². The van der Waals surface area contributed by atoms with Crippen LogP contribution in [-0.2, 0) is 9.59 Å². The first kappa shape index (κ1) is 22.3. The van der Waals surface area contributed by atoms with Crippen LogP contribution in [0.4, 0.5) is 5.69 Å². The molecular formula is C26H27BrN2O4. The van der Waals surface area contributed by atoms with Crippen molar-refractivity contribution in [1.82, 2.24) is 5.32 Å². The van der Waals surface area contributed by atoms with E-state index in [1.165, 1.54) is 0 Å².